The summed E-state index contributed by atoms with van der Waals surface area (Å²) in [5, 5.41) is 15.7. The van der Waals surface area contributed by atoms with Gasteiger partial charge in [0, 0.05) is 23.7 Å². The topological polar surface area (TPSA) is 121 Å². The van der Waals surface area contributed by atoms with Gasteiger partial charge in [0.15, 0.2) is 12.0 Å². The van der Waals surface area contributed by atoms with E-state index >= 15 is 0 Å². The Kier molecular flexibility index (Phi) is 7.09. The first-order valence-corrected chi connectivity index (χ1v) is 12.7. The highest BCUT2D eigenvalue weighted by Crippen LogP contribution is 2.51. The van der Waals surface area contributed by atoms with E-state index in [0.717, 1.165) is 31.9 Å². The third-order valence-corrected chi connectivity index (χ3v) is 7.03. The lowest BCUT2D eigenvalue weighted by atomic mass is 9.95. The molecule has 3 aromatic rings. The molecule has 2 fully saturated rings. The summed E-state index contributed by atoms with van der Waals surface area (Å²) < 4.78 is 22.4. The van der Waals surface area contributed by atoms with Crippen molar-refractivity contribution in [3.63, 3.8) is 0 Å². The Morgan fingerprint density at radius 3 is 2.57 bits per heavy atom. The van der Waals surface area contributed by atoms with Gasteiger partial charge in [0.2, 0.25) is 5.88 Å². The number of halogens is 1. The average Bonchev–Trinajstić information content (AvgIpc) is 3.80. The second-order valence-corrected chi connectivity index (χ2v) is 10.1. The van der Waals surface area contributed by atoms with Gasteiger partial charge in [0.05, 0.1) is 25.5 Å². The molecule has 0 bridgehead atoms. The van der Waals surface area contributed by atoms with E-state index in [4.69, 9.17) is 9.57 Å². The molecule has 37 heavy (non-hydrogen) atoms. The fourth-order valence-corrected chi connectivity index (χ4v) is 4.85. The van der Waals surface area contributed by atoms with Gasteiger partial charge in [-0.2, -0.15) is 5.10 Å². The number of amides is 1. The first-order chi connectivity index (χ1) is 17.9. The lowest BCUT2D eigenvalue weighted by molar-refractivity contribution is 0.00704. The Hall–Kier alpha value is -3.54. The lowest BCUT2D eigenvalue weighted by Gasteiger charge is -2.28. The van der Waals surface area contributed by atoms with Gasteiger partial charge in [0.1, 0.15) is 11.5 Å². The summed E-state index contributed by atoms with van der Waals surface area (Å²) in [6, 6.07) is 2.75. The zero-order valence-electron chi connectivity index (χ0n) is 21.5. The number of hydrogen-bond acceptors (Lipinski definition) is 8. The van der Waals surface area contributed by atoms with E-state index in [9.17, 15) is 9.18 Å². The maximum absolute atomic E-state index is 13.8. The SMILES string of the molecule is COc1ncc(F)cc1C(C)n1cc(NOC(NC(=O)c2ccnn2C(C)C)C(C2CC2)C2CC2)nn1. The molecule has 2 saturated carbocycles. The van der Waals surface area contributed by atoms with Gasteiger partial charge >= 0.3 is 0 Å². The molecular weight excluding hydrogens is 479 g/mol. The summed E-state index contributed by atoms with van der Waals surface area (Å²) in [5.41, 5.74) is 3.92. The van der Waals surface area contributed by atoms with E-state index in [0.29, 0.717) is 34.8 Å². The smallest absolute Gasteiger partial charge is 0.271 e. The number of nitrogens with zero attached hydrogens (tertiary/aromatic N) is 6. The summed E-state index contributed by atoms with van der Waals surface area (Å²) >= 11 is 0. The average molecular weight is 513 g/mol. The summed E-state index contributed by atoms with van der Waals surface area (Å²) in [5.74, 6) is 1.25. The molecule has 0 aliphatic heterocycles. The molecule has 198 valence electrons. The fraction of sp³-hybridized carbons (Fsp3) is 0.560. The molecule has 2 unspecified atom stereocenters. The van der Waals surface area contributed by atoms with E-state index in [1.807, 2.05) is 20.8 Å². The highest BCUT2D eigenvalue weighted by molar-refractivity contribution is 5.92. The fourth-order valence-electron chi connectivity index (χ4n) is 4.85. The van der Waals surface area contributed by atoms with Crippen LogP contribution in [0.3, 0.4) is 0 Å². The molecule has 12 heteroatoms. The maximum atomic E-state index is 13.8. The molecule has 2 aliphatic carbocycles. The van der Waals surface area contributed by atoms with Crippen molar-refractivity contribution in [3.8, 4) is 5.88 Å². The normalized spacial score (nSPS) is 17.2. The van der Waals surface area contributed by atoms with Crippen LogP contribution in [0.5, 0.6) is 5.88 Å². The molecule has 0 radical (unpaired) electrons. The van der Waals surface area contributed by atoms with E-state index in [1.54, 1.807) is 27.8 Å². The number of carbonyl (C=O) groups is 1. The van der Waals surface area contributed by atoms with Crippen LogP contribution in [0, 0.1) is 23.6 Å². The monoisotopic (exact) mass is 512 g/mol. The minimum atomic E-state index is -0.543. The van der Waals surface area contributed by atoms with Crippen molar-refractivity contribution < 1.29 is 18.8 Å². The molecule has 3 aromatic heterocycles. The summed E-state index contributed by atoms with van der Waals surface area (Å²) in [6.07, 6.45) is 8.40. The van der Waals surface area contributed by atoms with Crippen molar-refractivity contribution >= 4 is 11.7 Å². The lowest BCUT2D eigenvalue weighted by Crippen LogP contribution is -2.45. The van der Waals surface area contributed by atoms with Crippen LogP contribution in [0.1, 0.15) is 74.6 Å². The van der Waals surface area contributed by atoms with Crippen molar-refractivity contribution in [1.82, 2.24) is 35.1 Å². The van der Waals surface area contributed by atoms with Gasteiger partial charge in [-0.1, -0.05) is 5.21 Å². The van der Waals surface area contributed by atoms with Crippen LogP contribution in [-0.2, 0) is 4.84 Å². The highest BCUT2D eigenvalue weighted by Gasteiger charge is 2.47. The van der Waals surface area contributed by atoms with Crippen LogP contribution >= 0.6 is 0 Å². The Balaban J connectivity index is 1.31. The molecular formula is C25H33FN8O3. The van der Waals surface area contributed by atoms with Gasteiger partial charge in [-0.05, 0) is 70.4 Å². The van der Waals surface area contributed by atoms with Gasteiger partial charge in [-0.3, -0.25) is 9.48 Å². The zero-order valence-corrected chi connectivity index (χ0v) is 21.5. The molecule has 11 nitrogen and oxygen atoms in total. The maximum Gasteiger partial charge on any atom is 0.271 e. The summed E-state index contributed by atoms with van der Waals surface area (Å²) in [6.45, 7) is 5.81. The number of hydrogen-bond donors (Lipinski definition) is 2. The quantitative estimate of drug-likeness (QED) is 0.278. The number of methoxy groups -OCH3 is 1. The molecule has 0 aromatic carbocycles. The van der Waals surface area contributed by atoms with Crippen molar-refractivity contribution in [2.24, 2.45) is 17.8 Å². The van der Waals surface area contributed by atoms with Crippen molar-refractivity contribution in [1.29, 1.82) is 0 Å². The third kappa shape index (κ3) is 5.58. The van der Waals surface area contributed by atoms with Crippen LogP contribution in [0.2, 0.25) is 0 Å². The van der Waals surface area contributed by atoms with Crippen LogP contribution < -0.4 is 15.5 Å². The Labute approximate surface area is 214 Å². The number of aromatic nitrogens is 6. The van der Waals surface area contributed by atoms with Gasteiger partial charge in [-0.15, -0.1) is 5.10 Å². The predicted molar refractivity (Wildman–Crippen MR) is 132 cm³/mol. The minimum absolute atomic E-state index is 0.0554. The number of anilines is 1. The zero-order chi connectivity index (χ0) is 26.1. The van der Waals surface area contributed by atoms with E-state index < -0.39 is 18.1 Å². The van der Waals surface area contributed by atoms with Crippen LogP contribution in [0.4, 0.5) is 10.2 Å². The molecule has 1 amide bonds. The second-order valence-electron chi connectivity index (χ2n) is 10.1. The highest BCUT2D eigenvalue weighted by atomic mass is 19.1. The molecule has 2 aliphatic rings. The third-order valence-electron chi connectivity index (χ3n) is 7.03. The molecule has 3 heterocycles. The Bertz CT molecular complexity index is 1220. The Morgan fingerprint density at radius 2 is 1.92 bits per heavy atom. The molecule has 0 spiro atoms. The minimum Gasteiger partial charge on any atom is -0.481 e. The van der Waals surface area contributed by atoms with Crippen LogP contribution in [0.25, 0.3) is 0 Å². The summed E-state index contributed by atoms with van der Waals surface area (Å²) in [4.78, 5) is 23.3. The van der Waals surface area contributed by atoms with Crippen molar-refractivity contribution in [2.75, 3.05) is 12.6 Å². The molecule has 2 N–H and O–H groups in total. The van der Waals surface area contributed by atoms with E-state index in [1.165, 1.54) is 13.2 Å². The van der Waals surface area contributed by atoms with Crippen LogP contribution in [0.15, 0.2) is 30.7 Å². The number of nitrogens with one attached hydrogen (secondary N) is 2. The van der Waals surface area contributed by atoms with Gasteiger partial charge in [0.25, 0.3) is 5.91 Å². The first kappa shape index (κ1) is 25.1. The molecule has 2 atom stereocenters. The van der Waals surface area contributed by atoms with Gasteiger partial charge < -0.3 is 10.1 Å². The number of pyridine rings is 1. The molecule has 0 saturated heterocycles. The van der Waals surface area contributed by atoms with Crippen LogP contribution in [-0.4, -0.2) is 49.0 Å². The standard InChI is InChI=1S/C25H33FN8O3/c1-14(2)34-20(9-10-28-34)23(35)29-25(22(16-5-6-16)17-7-8-17)37-31-21-13-33(32-30-21)15(3)19-11-18(26)12-27-24(19)36-4/h9-17,22,25,31H,5-8H2,1-4H3,(H,29,35). The molecule has 5 rings (SSSR count). The Morgan fingerprint density at radius 1 is 1.19 bits per heavy atom. The second kappa shape index (κ2) is 10.4. The van der Waals surface area contributed by atoms with Crippen molar-refractivity contribution in [2.45, 2.75) is 64.8 Å². The largest absolute Gasteiger partial charge is 0.481 e. The summed E-state index contributed by atoms with van der Waals surface area (Å²) in [7, 11) is 1.48. The predicted octanol–water partition coefficient (Wildman–Crippen LogP) is 3.74. The van der Waals surface area contributed by atoms with E-state index in [-0.39, 0.29) is 17.9 Å². The first-order valence-electron chi connectivity index (χ1n) is 12.7. The number of carbonyl (C=O) groups excluding carboxylic acids is 1. The number of ether oxygens (including phenoxy) is 1. The van der Waals surface area contributed by atoms with Crippen molar-refractivity contribution in [3.05, 3.63) is 47.8 Å². The van der Waals surface area contributed by atoms with Gasteiger partial charge in [-0.25, -0.2) is 24.4 Å². The number of rotatable bonds is 12. The van der Waals surface area contributed by atoms with E-state index in [2.05, 4.69) is 31.2 Å².